The lowest BCUT2D eigenvalue weighted by molar-refractivity contribution is 0.203. The van der Waals surface area contributed by atoms with Gasteiger partial charge in [0.05, 0.1) is 12.3 Å². The van der Waals surface area contributed by atoms with E-state index in [4.69, 9.17) is 4.74 Å². The van der Waals surface area contributed by atoms with Crippen molar-refractivity contribution in [3.8, 4) is 0 Å². The van der Waals surface area contributed by atoms with Gasteiger partial charge in [0.2, 0.25) is 0 Å². The van der Waals surface area contributed by atoms with Gasteiger partial charge in [0.15, 0.2) is 0 Å². The highest BCUT2D eigenvalue weighted by Gasteiger charge is 2.14. The van der Waals surface area contributed by atoms with Gasteiger partial charge in [0.1, 0.15) is 5.82 Å². The Morgan fingerprint density at radius 2 is 2.18 bits per heavy atom. The fourth-order valence-electron chi connectivity index (χ4n) is 1.66. The van der Waals surface area contributed by atoms with E-state index in [1.165, 1.54) is 0 Å². The summed E-state index contributed by atoms with van der Waals surface area (Å²) in [6, 6.07) is 4.58. The van der Waals surface area contributed by atoms with Gasteiger partial charge in [-0.25, -0.2) is 4.98 Å². The standard InChI is InChI=1S/C13H21BrN2O/c1-5-10(2)16(8-9-17-4)13-7-6-12(14)11(3)15-13/h6-7,10H,5,8-9H2,1-4H3. The van der Waals surface area contributed by atoms with Crippen molar-refractivity contribution in [3.05, 3.63) is 22.3 Å². The van der Waals surface area contributed by atoms with Crippen molar-refractivity contribution < 1.29 is 4.74 Å². The van der Waals surface area contributed by atoms with Crippen molar-refractivity contribution in [3.63, 3.8) is 0 Å². The molecule has 0 amide bonds. The Morgan fingerprint density at radius 3 is 2.71 bits per heavy atom. The maximum atomic E-state index is 5.16. The summed E-state index contributed by atoms with van der Waals surface area (Å²) < 4.78 is 6.22. The number of halogens is 1. The largest absolute Gasteiger partial charge is 0.383 e. The molecular weight excluding hydrogens is 280 g/mol. The van der Waals surface area contributed by atoms with Gasteiger partial charge in [-0.15, -0.1) is 0 Å². The molecule has 0 radical (unpaired) electrons. The van der Waals surface area contributed by atoms with Crippen LogP contribution in [0.1, 0.15) is 26.0 Å². The predicted octanol–water partition coefficient (Wildman–Crippen LogP) is 3.40. The molecule has 96 valence electrons. The molecule has 1 aromatic rings. The fourth-order valence-corrected chi connectivity index (χ4v) is 1.88. The van der Waals surface area contributed by atoms with Gasteiger partial charge < -0.3 is 9.64 Å². The Kier molecular flexibility index (Phi) is 5.92. The lowest BCUT2D eigenvalue weighted by atomic mass is 10.2. The monoisotopic (exact) mass is 300 g/mol. The number of ether oxygens (including phenoxy) is 1. The van der Waals surface area contributed by atoms with Gasteiger partial charge in [-0.2, -0.15) is 0 Å². The van der Waals surface area contributed by atoms with Crippen molar-refractivity contribution in [2.45, 2.75) is 33.2 Å². The zero-order valence-corrected chi connectivity index (χ0v) is 12.6. The van der Waals surface area contributed by atoms with Crippen molar-refractivity contribution in [1.82, 2.24) is 4.98 Å². The van der Waals surface area contributed by atoms with Crippen LogP contribution >= 0.6 is 15.9 Å². The van der Waals surface area contributed by atoms with Crippen LogP contribution in [0.2, 0.25) is 0 Å². The lowest BCUT2D eigenvalue weighted by Gasteiger charge is -2.29. The van der Waals surface area contributed by atoms with E-state index >= 15 is 0 Å². The average molecular weight is 301 g/mol. The van der Waals surface area contributed by atoms with Gasteiger partial charge >= 0.3 is 0 Å². The first-order valence-corrected chi connectivity index (χ1v) is 6.78. The molecule has 1 atom stereocenters. The molecular formula is C13H21BrN2O. The smallest absolute Gasteiger partial charge is 0.129 e. The molecule has 0 fully saturated rings. The molecule has 0 saturated heterocycles. The van der Waals surface area contributed by atoms with E-state index in [0.29, 0.717) is 6.04 Å². The number of aromatic nitrogens is 1. The minimum absolute atomic E-state index is 0.471. The fraction of sp³-hybridized carbons (Fsp3) is 0.615. The van der Waals surface area contributed by atoms with Crippen LogP contribution in [0, 0.1) is 6.92 Å². The minimum atomic E-state index is 0.471. The molecule has 17 heavy (non-hydrogen) atoms. The number of anilines is 1. The molecule has 0 aliphatic rings. The molecule has 0 saturated carbocycles. The Labute approximate surface area is 112 Å². The van der Waals surface area contributed by atoms with E-state index in [1.807, 2.05) is 6.92 Å². The molecule has 0 spiro atoms. The highest BCUT2D eigenvalue weighted by Crippen LogP contribution is 2.21. The van der Waals surface area contributed by atoms with Crippen molar-refractivity contribution >= 4 is 21.7 Å². The summed E-state index contributed by atoms with van der Waals surface area (Å²) in [5.74, 6) is 1.03. The van der Waals surface area contributed by atoms with Crippen LogP contribution in [0.25, 0.3) is 0 Å². The van der Waals surface area contributed by atoms with Crippen molar-refractivity contribution in [2.75, 3.05) is 25.2 Å². The van der Waals surface area contributed by atoms with Gasteiger partial charge in [-0.1, -0.05) is 6.92 Å². The first-order valence-electron chi connectivity index (χ1n) is 5.98. The average Bonchev–Trinajstić information content (AvgIpc) is 2.33. The predicted molar refractivity (Wildman–Crippen MR) is 75.6 cm³/mol. The quantitative estimate of drug-likeness (QED) is 0.805. The topological polar surface area (TPSA) is 25.4 Å². The molecule has 1 aromatic heterocycles. The first kappa shape index (κ1) is 14.5. The zero-order chi connectivity index (χ0) is 12.8. The van der Waals surface area contributed by atoms with Gasteiger partial charge in [-0.3, -0.25) is 0 Å². The molecule has 1 heterocycles. The second-order valence-corrected chi connectivity index (χ2v) is 5.03. The zero-order valence-electron chi connectivity index (χ0n) is 11.0. The Morgan fingerprint density at radius 1 is 1.47 bits per heavy atom. The summed E-state index contributed by atoms with van der Waals surface area (Å²) >= 11 is 3.48. The molecule has 0 aliphatic heterocycles. The third-order valence-corrected chi connectivity index (χ3v) is 3.80. The molecule has 0 aromatic carbocycles. The van der Waals surface area contributed by atoms with Crippen molar-refractivity contribution in [1.29, 1.82) is 0 Å². The molecule has 3 nitrogen and oxygen atoms in total. The van der Waals surface area contributed by atoms with Crippen molar-refractivity contribution in [2.24, 2.45) is 0 Å². The normalized spacial score (nSPS) is 12.5. The number of pyridine rings is 1. The molecule has 0 aliphatic carbocycles. The third kappa shape index (κ3) is 3.96. The maximum Gasteiger partial charge on any atom is 0.129 e. The van der Waals surface area contributed by atoms with Crippen LogP contribution in [-0.4, -0.2) is 31.3 Å². The van der Waals surface area contributed by atoms with E-state index in [2.05, 4.69) is 51.8 Å². The van der Waals surface area contributed by atoms with Crippen LogP contribution in [0.5, 0.6) is 0 Å². The number of hydrogen-bond acceptors (Lipinski definition) is 3. The molecule has 0 bridgehead atoms. The molecule has 1 unspecified atom stereocenters. The second-order valence-electron chi connectivity index (χ2n) is 4.18. The summed E-state index contributed by atoms with van der Waals surface area (Å²) in [6.45, 7) is 8.02. The Balaban J connectivity index is 2.91. The third-order valence-electron chi connectivity index (χ3n) is 2.96. The second kappa shape index (κ2) is 6.97. The van der Waals surface area contributed by atoms with Crippen LogP contribution in [0.4, 0.5) is 5.82 Å². The van der Waals surface area contributed by atoms with Crippen LogP contribution in [0.15, 0.2) is 16.6 Å². The highest BCUT2D eigenvalue weighted by atomic mass is 79.9. The van der Waals surface area contributed by atoms with E-state index in [9.17, 15) is 0 Å². The number of aryl methyl sites for hydroxylation is 1. The summed E-state index contributed by atoms with van der Waals surface area (Å²) in [5.41, 5.74) is 1.02. The SMILES string of the molecule is CCC(C)N(CCOC)c1ccc(Br)c(C)n1. The van der Waals surface area contributed by atoms with Crippen LogP contribution in [0.3, 0.4) is 0 Å². The molecule has 0 N–H and O–H groups in total. The van der Waals surface area contributed by atoms with Crippen LogP contribution < -0.4 is 4.90 Å². The number of nitrogens with zero attached hydrogens (tertiary/aromatic N) is 2. The summed E-state index contributed by atoms with van der Waals surface area (Å²) in [6.07, 6.45) is 1.10. The summed E-state index contributed by atoms with van der Waals surface area (Å²) in [7, 11) is 1.73. The minimum Gasteiger partial charge on any atom is -0.383 e. The van der Waals surface area contributed by atoms with E-state index < -0.39 is 0 Å². The maximum absolute atomic E-state index is 5.16. The lowest BCUT2D eigenvalue weighted by Crippen LogP contribution is -2.36. The van der Waals surface area contributed by atoms with E-state index in [0.717, 1.165) is 35.6 Å². The van der Waals surface area contributed by atoms with Crippen LogP contribution in [-0.2, 0) is 4.74 Å². The highest BCUT2D eigenvalue weighted by molar-refractivity contribution is 9.10. The summed E-state index contributed by atoms with van der Waals surface area (Å²) in [5, 5.41) is 0. The van der Waals surface area contributed by atoms with Gasteiger partial charge in [0.25, 0.3) is 0 Å². The Bertz CT molecular complexity index is 357. The van der Waals surface area contributed by atoms with Gasteiger partial charge in [0, 0.05) is 24.2 Å². The first-order chi connectivity index (χ1) is 8.10. The number of hydrogen-bond donors (Lipinski definition) is 0. The molecule has 4 heteroatoms. The number of methoxy groups -OCH3 is 1. The van der Waals surface area contributed by atoms with Gasteiger partial charge in [-0.05, 0) is 48.3 Å². The van der Waals surface area contributed by atoms with E-state index in [1.54, 1.807) is 7.11 Å². The Hall–Kier alpha value is -0.610. The van der Waals surface area contributed by atoms with E-state index in [-0.39, 0.29) is 0 Å². The molecule has 1 rings (SSSR count). The summed E-state index contributed by atoms with van der Waals surface area (Å²) in [4.78, 5) is 6.91. The number of rotatable bonds is 6.